The first-order valence-electron chi connectivity index (χ1n) is 16.5. The Morgan fingerprint density at radius 3 is 2.18 bits per heavy atom. The number of Topliss-reactive ketones (excluding diaryl/α,β-unsaturated/α-hetero) is 1. The van der Waals surface area contributed by atoms with Gasteiger partial charge >= 0.3 is 12.0 Å². The maximum absolute atomic E-state index is 12.6. The standard InChI is InChI=1S/C34H31N17O5/c1-18-25(42-44-29-22(24(53)17-52)15-37-48(29)20-11-7-5-8-12-20)27(35)50(46-18)32-39-33(41-34(40-32)56-4)51-28(36)26(19(2)47-51)43-45-30-23(31(54)55-3)16-38-49(30)21-13-9-6-10-14-21/h5-16,35,44,52H,17,36H2,1-4H3/b35-27?,42-25-,45-43+. The first-order chi connectivity index (χ1) is 27.1. The van der Waals surface area contributed by atoms with E-state index in [9.17, 15) is 14.7 Å². The van der Waals surface area contributed by atoms with E-state index < -0.39 is 18.4 Å². The molecule has 1 aliphatic heterocycles. The number of hydrogen-bond donors (Lipinski definition) is 4. The minimum atomic E-state index is -0.750. The second kappa shape index (κ2) is 15.2. The molecule has 0 fully saturated rings. The first-order valence-corrected chi connectivity index (χ1v) is 16.5. The zero-order valence-corrected chi connectivity index (χ0v) is 30.1. The number of nitrogens with one attached hydrogen (secondary N) is 2. The van der Waals surface area contributed by atoms with Crippen LogP contribution in [0.15, 0.2) is 93.5 Å². The number of benzene rings is 2. The number of hydrogen-bond acceptors (Lipinski definition) is 18. The number of carbonyl (C=O) groups is 2. The molecule has 5 heterocycles. The number of aliphatic hydroxyl groups excluding tert-OH is 1. The van der Waals surface area contributed by atoms with Gasteiger partial charge in [-0.25, -0.2) is 14.2 Å². The van der Waals surface area contributed by atoms with Gasteiger partial charge in [-0.1, -0.05) is 36.4 Å². The summed E-state index contributed by atoms with van der Waals surface area (Å²) in [5.41, 5.74) is 11.6. The molecule has 2 aromatic carbocycles. The van der Waals surface area contributed by atoms with Gasteiger partial charge in [-0.05, 0) is 38.1 Å². The number of ether oxygens (including phenoxy) is 2. The van der Waals surface area contributed by atoms with Crippen LogP contribution in [0.25, 0.3) is 17.3 Å². The lowest BCUT2D eigenvalue weighted by Gasteiger charge is -2.13. The van der Waals surface area contributed by atoms with Crippen LogP contribution in [0.4, 0.5) is 29.1 Å². The quantitative estimate of drug-likeness (QED) is 0.0603. The van der Waals surface area contributed by atoms with E-state index in [0.29, 0.717) is 22.8 Å². The van der Waals surface area contributed by atoms with Gasteiger partial charge in [0, 0.05) is 0 Å². The summed E-state index contributed by atoms with van der Waals surface area (Å²) >= 11 is 0. The van der Waals surface area contributed by atoms with Crippen LogP contribution in [0.2, 0.25) is 0 Å². The number of ketones is 1. The van der Waals surface area contributed by atoms with Crippen molar-refractivity contribution in [3.63, 3.8) is 0 Å². The maximum Gasteiger partial charge on any atom is 0.343 e. The van der Waals surface area contributed by atoms with Crippen molar-refractivity contribution in [3.8, 4) is 23.3 Å². The number of anilines is 3. The van der Waals surface area contributed by atoms with Gasteiger partial charge in [-0.2, -0.15) is 50.1 Å². The molecule has 0 atom stereocenters. The smallest absolute Gasteiger partial charge is 0.343 e. The van der Waals surface area contributed by atoms with Crippen LogP contribution in [-0.4, -0.2) is 99.2 Å². The Kier molecular flexibility index (Phi) is 9.84. The minimum absolute atomic E-state index is 0.0262. The van der Waals surface area contributed by atoms with Gasteiger partial charge in [0.1, 0.15) is 12.2 Å². The molecular formula is C34H31N17O5. The van der Waals surface area contributed by atoms with E-state index in [1.807, 2.05) is 24.3 Å². The van der Waals surface area contributed by atoms with Crippen molar-refractivity contribution >= 4 is 58.1 Å². The van der Waals surface area contributed by atoms with Crippen molar-refractivity contribution in [2.45, 2.75) is 13.8 Å². The predicted octanol–water partition coefficient (Wildman–Crippen LogP) is 3.35. The number of esters is 1. The third kappa shape index (κ3) is 6.69. The summed E-state index contributed by atoms with van der Waals surface area (Å²) in [5, 5.41) is 50.2. The van der Waals surface area contributed by atoms with Gasteiger partial charge < -0.3 is 20.3 Å². The molecule has 5 N–H and O–H groups in total. The number of nitrogen functional groups attached to an aromatic ring is 1. The van der Waals surface area contributed by atoms with Gasteiger partial charge in [0.15, 0.2) is 40.5 Å². The molecule has 282 valence electrons. The lowest BCUT2D eigenvalue weighted by Crippen LogP contribution is -2.29. The fourth-order valence-electron chi connectivity index (χ4n) is 5.39. The number of methoxy groups -OCH3 is 2. The van der Waals surface area contributed by atoms with Crippen molar-refractivity contribution in [3.05, 3.63) is 89.9 Å². The van der Waals surface area contributed by atoms with Gasteiger partial charge in [0.05, 0.1) is 55.0 Å². The van der Waals surface area contributed by atoms with Crippen molar-refractivity contribution in [1.29, 1.82) is 5.41 Å². The number of amidine groups is 1. The van der Waals surface area contributed by atoms with Crippen molar-refractivity contribution in [2.24, 2.45) is 20.4 Å². The zero-order chi connectivity index (χ0) is 39.5. The highest BCUT2D eigenvalue weighted by atomic mass is 16.5. The van der Waals surface area contributed by atoms with Crippen molar-refractivity contribution in [1.82, 2.24) is 44.3 Å². The van der Waals surface area contributed by atoms with Crippen LogP contribution in [0.5, 0.6) is 6.01 Å². The summed E-state index contributed by atoms with van der Waals surface area (Å²) < 4.78 is 14.3. The highest BCUT2D eigenvalue weighted by molar-refractivity contribution is 6.71. The second-order valence-corrected chi connectivity index (χ2v) is 11.6. The van der Waals surface area contributed by atoms with E-state index in [0.717, 1.165) is 5.01 Å². The summed E-state index contributed by atoms with van der Waals surface area (Å²) in [6, 6.07) is 17.8. The average Bonchev–Trinajstić information content (AvgIpc) is 3.99. The maximum atomic E-state index is 12.6. The number of para-hydroxylation sites is 2. The predicted molar refractivity (Wildman–Crippen MR) is 201 cm³/mol. The highest BCUT2D eigenvalue weighted by Gasteiger charge is 2.31. The molecule has 0 bridgehead atoms. The number of nitrogens with zero attached hydrogens (tertiary/aromatic N) is 14. The molecule has 4 aromatic heterocycles. The molecule has 0 unspecified atom stereocenters. The van der Waals surface area contributed by atoms with Crippen LogP contribution in [0.3, 0.4) is 0 Å². The van der Waals surface area contributed by atoms with E-state index in [1.165, 1.54) is 40.7 Å². The molecule has 1 aliphatic rings. The van der Waals surface area contributed by atoms with E-state index in [2.05, 4.69) is 56.1 Å². The van der Waals surface area contributed by atoms with Crippen LogP contribution in [0, 0.1) is 12.3 Å². The molecule has 7 rings (SSSR count). The third-order valence-corrected chi connectivity index (χ3v) is 8.13. The number of aliphatic hydroxyl groups is 1. The van der Waals surface area contributed by atoms with Crippen LogP contribution in [-0.2, 0) is 4.74 Å². The van der Waals surface area contributed by atoms with Crippen LogP contribution >= 0.6 is 0 Å². The summed E-state index contributed by atoms with van der Waals surface area (Å²) in [4.78, 5) is 38.2. The number of azo groups is 1. The van der Waals surface area contributed by atoms with Gasteiger partial charge in [-0.15, -0.1) is 10.2 Å². The van der Waals surface area contributed by atoms with Crippen LogP contribution in [0.1, 0.15) is 33.3 Å². The second-order valence-electron chi connectivity index (χ2n) is 11.6. The molecule has 56 heavy (non-hydrogen) atoms. The Labute approximate surface area is 316 Å². The molecule has 0 spiro atoms. The molecular weight excluding hydrogens is 726 g/mol. The third-order valence-electron chi connectivity index (χ3n) is 8.13. The lowest BCUT2D eigenvalue weighted by molar-refractivity contribution is 0.0601. The molecule has 0 aliphatic carbocycles. The number of hydrazone groups is 2. The minimum Gasteiger partial charge on any atom is -0.467 e. The Morgan fingerprint density at radius 2 is 1.52 bits per heavy atom. The molecule has 22 nitrogen and oxygen atoms in total. The Hall–Kier alpha value is -8.01. The Morgan fingerprint density at radius 1 is 0.875 bits per heavy atom. The average molecular weight is 758 g/mol. The molecule has 0 saturated heterocycles. The number of carbonyl (C=O) groups excluding carboxylic acids is 2. The lowest BCUT2D eigenvalue weighted by atomic mass is 10.2. The monoisotopic (exact) mass is 757 g/mol. The van der Waals surface area contributed by atoms with Gasteiger partial charge in [0.2, 0.25) is 0 Å². The molecule has 6 aromatic rings. The topological polar surface area (TPSA) is 280 Å². The van der Waals surface area contributed by atoms with Crippen molar-refractivity contribution in [2.75, 3.05) is 37.0 Å². The summed E-state index contributed by atoms with van der Waals surface area (Å²) in [6.07, 6.45) is 2.64. The normalized spacial score (nSPS) is 13.4. The fourth-order valence-corrected chi connectivity index (χ4v) is 5.39. The molecule has 0 amide bonds. The van der Waals surface area contributed by atoms with Crippen molar-refractivity contribution < 1.29 is 24.2 Å². The molecule has 0 saturated carbocycles. The largest absolute Gasteiger partial charge is 0.467 e. The Balaban J connectivity index is 1.20. The highest BCUT2D eigenvalue weighted by Crippen LogP contribution is 2.33. The summed E-state index contributed by atoms with van der Waals surface area (Å²) in [5.74, 6) is -1.52. The van der Waals surface area contributed by atoms with E-state index in [-0.39, 0.29) is 63.7 Å². The number of nitrogens with two attached hydrogens (primary N) is 1. The van der Waals surface area contributed by atoms with Gasteiger partial charge in [0.25, 0.3) is 11.9 Å². The number of aromatic nitrogens is 9. The summed E-state index contributed by atoms with van der Waals surface area (Å²) in [6.45, 7) is 2.50. The summed E-state index contributed by atoms with van der Waals surface area (Å²) in [7, 11) is 2.59. The Bertz CT molecular complexity index is 2570. The first kappa shape index (κ1) is 36.4. The van der Waals surface area contributed by atoms with E-state index in [1.54, 1.807) is 50.2 Å². The SMILES string of the molecule is COC(=O)c1cnn(-c2ccccc2)c1/N=N/c1c(C)nn(-c2nc(OC)nc(N3N=C(C)/C(=N/Nc4c(C(=O)CO)cnn4-c4ccccc4)C3=N)n2)c1N. The molecule has 0 radical (unpaired) electrons. The zero-order valence-electron chi connectivity index (χ0n) is 30.1. The van der Waals surface area contributed by atoms with E-state index in [4.69, 9.17) is 20.6 Å². The van der Waals surface area contributed by atoms with E-state index >= 15 is 0 Å². The molecule has 22 heteroatoms. The van der Waals surface area contributed by atoms with Gasteiger partial charge in [-0.3, -0.25) is 15.6 Å². The number of rotatable bonds is 12. The fraction of sp³-hybridized carbons (Fsp3) is 0.147. The van der Waals surface area contributed by atoms with Crippen LogP contribution < -0.4 is 20.9 Å². The number of aryl methyl sites for hydroxylation is 1.